The lowest BCUT2D eigenvalue weighted by molar-refractivity contribution is -0.384. The predicted octanol–water partition coefficient (Wildman–Crippen LogP) is 2.97. The minimum atomic E-state index is -0.859. The van der Waals surface area contributed by atoms with Gasteiger partial charge in [0.05, 0.1) is 11.1 Å². The molecule has 2 aromatic rings. The standard InChI is InChI=1S/C19H19BrN4O5/c1-11(2)17(22-18(26)12-3-5-14(20)6-4-12)19(27)23-21-10-13-9-15(24(28)29)7-8-16(13)25/h3-11,17,25H,1-2H3,(H,22,26)(H,23,27)/t17-/m0/s1. The maximum Gasteiger partial charge on any atom is 0.270 e. The van der Waals surface area contributed by atoms with Crippen molar-refractivity contribution in [3.8, 4) is 5.75 Å². The molecule has 9 nitrogen and oxygen atoms in total. The number of nitro benzene ring substituents is 1. The van der Waals surface area contributed by atoms with Gasteiger partial charge in [-0.25, -0.2) is 5.43 Å². The summed E-state index contributed by atoms with van der Waals surface area (Å²) < 4.78 is 0.825. The molecular weight excluding hydrogens is 444 g/mol. The van der Waals surface area contributed by atoms with Crippen molar-refractivity contribution >= 4 is 39.6 Å². The highest BCUT2D eigenvalue weighted by Gasteiger charge is 2.24. The molecule has 0 unspecified atom stereocenters. The monoisotopic (exact) mass is 462 g/mol. The van der Waals surface area contributed by atoms with Gasteiger partial charge in [-0.1, -0.05) is 29.8 Å². The molecule has 2 rings (SSSR count). The van der Waals surface area contributed by atoms with Crippen LogP contribution in [0.4, 0.5) is 5.69 Å². The number of halogens is 1. The Morgan fingerprint density at radius 3 is 2.45 bits per heavy atom. The molecule has 152 valence electrons. The topological polar surface area (TPSA) is 134 Å². The minimum absolute atomic E-state index is 0.0690. The van der Waals surface area contributed by atoms with E-state index in [0.717, 1.165) is 28.9 Å². The number of non-ortho nitro benzene ring substituents is 1. The summed E-state index contributed by atoms with van der Waals surface area (Å²) in [4.78, 5) is 35.0. The first kappa shape index (κ1) is 22.0. The van der Waals surface area contributed by atoms with Crippen molar-refractivity contribution in [3.05, 3.63) is 68.2 Å². The maximum absolute atomic E-state index is 12.4. The van der Waals surface area contributed by atoms with Crippen LogP contribution in [0, 0.1) is 16.0 Å². The molecule has 10 heteroatoms. The Balaban J connectivity index is 2.07. The average Bonchev–Trinajstić information content (AvgIpc) is 2.67. The lowest BCUT2D eigenvalue weighted by Gasteiger charge is -2.20. The number of amides is 2. The van der Waals surface area contributed by atoms with Gasteiger partial charge in [-0.05, 0) is 36.2 Å². The highest BCUT2D eigenvalue weighted by atomic mass is 79.9. The number of carbonyl (C=O) groups is 2. The molecule has 0 bridgehead atoms. The van der Waals surface area contributed by atoms with Gasteiger partial charge >= 0.3 is 0 Å². The van der Waals surface area contributed by atoms with E-state index in [-0.39, 0.29) is 22.9 Å². The first-order chi connectivity index (χ1) is 13.7. The number of aromatic hydroxyl groups is 1. The normalized spacial score (nSPS) is 12.0. The number of nitro groups is 1. The van der Waals surface area contributed by atoms with Crippen molar-refractivity contribution in [1.29, 1.82) is 0 Å². The van der Waals surface area contributed by atoms with Gasteiger partial charge in [-0.2, -0.15) is 5.10 Å². The number of phenolic OH excluding ortho intramolecular Hbond substituents is 1. The molecular formula is C19H19BrN4O5. The highest BCUT2D eigenvalue weighted by molar-refractivity contribution is 9.10. The van der Waals surface area contributed by atoms with Gasteiger partial charge in [0.15, 0.2) is 0 Å². The predicted molar refractivity (Wildman–Crippen MR) is 111 cm³/mol. The Morgan fingerprint density at radius 1 is 1.21 bits per heavy atom. The van der Waals surface area contributed by atoms with E-state index in [1.807, 2.05) is 0 Å². The summed E-state index contributed by atoms with van der Waals surface area (Å²) in [7, 11) is 0. The maximum atomic E-state index is 12.4. The molecule has 0 radical (unpaired) electrons. The van der Waals surface area contributed by atoms with Crippen molar-refractivity contribution < 1.29 is 19.6 Å². The van der Waals surface area contributed by atoms with Crippen molar-refractivity contribution in [3.63, 3.8) is 0 Å². The third-order valence-corrected chi connectivity index (χ3v) is 4.47. The molecule has 0 aromatic heterocycles. The zero-order valence-electron chi connectivity index (χ0n) is 15.6. The third-order valence-electron chi connectivity index (χ3n) is 3.94. The van der Waals surface area contributed by atoms with Crippen LogP contribution >= 0.6 is 15.9 Å². The molecule has 1 atom stereocenters. The van der Waals surface area contributed by atoms with Crippen molar-refractivity contribution in [2.24, 2.45) is 11.0 Å². The van der Waals surface area contributed by atoms with Crippen LogP contribution < -0.4 is 10.7 Å². The van der Waals surface area contributed by atoms with Crippen LogP contribution in [-0.2, 0) is 4.79 Å². The van der Waals surface area contributed by atoms with Crippen LogP contribution in [0.2, 0.25) is 0 Å². The van der Waals surface area contributed by atoms with Crippen LogP contribution in [0.5, 0.6) is 5.75 Å². The Labute approximate surface area is 175 Å². The highest BCUT2D eigenvalue weighted by Crippen LogP contribution is 2.21. The molecule has 0 aliphatic carbocycles. The second kappa shape index (κ2) is 9.78. The van der Waals surface area contributed by atoms with E-state index in [0.29, 0.717) is 5.56 Å². The number of nitrogens with one attached hydrogen (secondary N) is 2. The lowest BCUT2D eigenvalue weighted by atomic mass is 10.0. The molecule has 0 saturated carbocycles. The van der Waals surface area contributed by atoms with Crippen molar-refractivity contribution in [1.82, 2.24) is 10.7 Å². The van der Waals surface area contributed by atoms with Gasteiger partial charge in [0.1, 0.15) is 11.8 Å². The quantitative estimate of drug-likeness (QED) is 0.330. The first-order valence-corrected chi connectivity index (χ1v) is 9.35. The van der Waals surface area contributed by atoms with Crippen LogP contribution in [0.25, 0.3) is 0 Å². The van der Waals surface area contributed by atoms with Gasteiger partial charge in [0, 0.05) is 27.7 Å². The zero-order valence-corrected chi connectivity index (χ0v) is 17.2. The molecule has 0 fully saturated rings. The number of hydrazone groups is 1. The SMILES string of the molecule is CC(C)[C@H](NC(=O)c1ccc(Br)cc1)C(=O)NN=Cc1cc([N+](=O)[O-])ccc1O. The Hall–Kier alpha value is -3.27. The van der Waals surface area contributed by atoms with E-state index < -0.39 is 22.8 Å². The zero-order chi connectivity index (χ0) is 21.6. The molecule has 29 heavy (non-hydrogen) atoms. The summed E-state index contributed by atoms with van der Waals surface area (Å²) in [6.45, 7) is 3.53. The van der Waals surface area contributed by atoms with Gasteiger partial charge in [0.25, 0.3) is 17.5 Å². The summed E-state index contributed by atoms with van der Waals surface area (Å²) in [5, 5.41) is 27.0. The lowest BCUT2D eigenvalue weighted by Crippen LogP contribution is -2.48. The Kier molecular flexibility index (Phi) is 7.43. The van der Waals surface area contributed by atoms with Crippen LogP contribution in [-0.4, -0.2) is 34.1 Å². The fourth-order valence-corrected chi connectivity index (χ4v) is 2.62. The van der Waals surface area contributed by atoms with E-state index in [1.165, 1.54) is 0 Å². The van der Waals surface area contributed by atoms with Crippen molar-refractivity contribution in [2.75, 3.05) is 0 Å². The Bertz CT molecular complexity index is 944. The van der Waals surface area contributed by atoms with E-state index in [4.69, 9.17) is 0 Å². The number of phenols is 1. The summed E-state index contributed by atoms with van der Waals surface area (Å²) in [5.74, 6) is -1.42. The Morgan fingerprint density at radius 2 is 1.86 bits per heavy atom. The number of nitrogens with zero attached hydrogens (tertiary/aromatic N) is 2. The third kappa shape index (κ3) is 6.11. The van der Waals surface area contributed by atoms with Gasteiger partial charge in [-0.3, -0.25) is 19.7 Å². The molecule has 2 amide bonds. The van der Waals surface area contributed by atoms with E-state index >= 15 is 0 Å². The second-order valence-corrected chi connectivity index (χ2v) is 7.35. The fourth-order valence-electron chi connectivity index (χ4n) is 2.35. The van der Waals surface area contributed by atoms with Gasteiger partial charge < -0.3 is 10.4 Å². The largest absolute Gasteiger partial charge is 0.507 e. The van der Waals surface area contributed by atoms with Gasteiger partial charge in [0.2, 0.25) is 0 Å². The summed E-state index contributed by atoms with van der Waals surface area (Å²) in [5.41, 5.74) is 2.53. The van der Waals surface area contributed by atoms with Crippen LogP contribution in [0.15, 0.2) is 52.0 Å². The van der Waals surface area contributed by atoms with Gasteiger partial charge in [-0.15, -0.1) is 0 Å². The van der Waals surface area contributed by atoms with E-state index in [1.54, 1.807) is 38.1 Å². The number of hydrogen-bond donors (Lipinski definition) is 3. The van der Waals surface area contributed by atoms with Crippen LogP contribution in [0.3, 0.4) is 0 Å². The summed E-state index contributed by atoms with van der Waals surface area (Å²) in [6, 6.07) is 9.26. The minimum Gasteiger partial charge on any atom is -0.507 e. The number of carbonyl (C=O) groups excluding carboxylic acids is 2. The second-order valence-electron chi connectivity index (χ2n) is 6.44. The average molecular weight is 463 g/mol. The number of hydrogen-bond acceptors (Lipinski definition) is 6. The first-order valence-electron chi connectivity index (χ1n) is 8.55. The van der Waals surface area contributed by atoms with Crippen molar-refractivity contribution in [2.45, 2.75) is 19.9 Å². The smallest absolute Gasteiger partial charge is 0.270 e. The molecule has 0 saturated heterocycles. The number of benzene rings is 2. The molecule has 2 aromatic carbocycles. The van der Waals surface area contributed by atoms with E-state index in [9.17, 15) is 24.8 Å². The molecule has 0 spiro atoms. The van der Waals surface area contributed by atoms with Crippen LogP contribution in [0.1, 0.15) is 29.8 Å². The molecule has 0 aliphatic heterocycles. The molecule has 3 N–H and O–H groups in total. The molecule has 0 heterocycles. The number of rotatable bonds is 7. The summed E-state index contributed by atoms with van der Waals surface area (Å²) in [6.07, 6.45) is 1.09. The van der Waals surface area contributed by atoms with E-state index in [2.05, 4.69) is 31.8 Å². The summed E-state index contributed by atoms with van der Waals surface area (Å²) >= 11 is 3.29. The fraction of sp³-hybridized carbons (Fsp3) is 0.211. The molecule has 0 aliphatic rings.